The van der Waals surface area contributed by atoms with Gasteiger partial charge in [-0.1, -0.05) is 45.4 Å². The number of nitrogens with two attached hydrogens (primary N) is 1. The van der Waals surface area contributed by atoms with Crippen molar-refractivity contribution in [2.75, 3.05) is 5.73 Å². The van der Waals surface area contributed by atoms with E-state index in [1.54, 1.807) is 0 Å². The second-order valence-electron chi connectivity index (χ2n) is 2.94. The highest BCUT2D eigenvalue weighted by Crippen LogP contribution is 2.32. The summed E-state index contributed by atoms with van der Waals surface area (Å²) in [6.45, 7) is 0. The van der Waals surface area contributed by atoms with Crippen LogP contribution in [-0.2, 0) is 0 Å². The van der Waals surface area contributed by atoms with E-state index in [0.29, 0.717) is 10.0 Å². The molecular weight excluding hydrogens is 310 g/mol. The lowest BCUT2D eigenvalue weighted by molar-refractivity contribution is 1.06. The molecule has 1 aromatic carbocycles. The lowest BCUT2D eigenvalue weighted by Gasteiger charge is -2.03. The second kappa shape index (κ2) is 5.03. The molecule has 82 valence electrons. The highest BCUT2D eigenvalue weighted by atomic mass is 79.9. The van der Waals surface area contributed by atoms with Gasteiger partial charge in [0.15, 0.2) is 0 Å². The molecule has 0 saturated heterocycles. The standard InChI is InChI=1S/C10H7BrClN3S/c11-6-2-1-3-7(4-6)16-9-8(12)5-14-10(13)15-9/h1-5H,(H2,13,14,15). The molecule has 0 aliphatic rings. The lowest BCUT2D eigenvalue weighted by Crippen LogP contribution is -1.95. The van der Waals surface area contributed by atoms with E-state index in [1.165, 1.54) is 18.0 Å². The molecular formula is C10H7BrClN3S. The molecule has 2 rings (SSSR count). The number of nitrogens with zero attached hydrogens (tertiary/aromatic N) is 2. The fraction of sp³-hybridized carbons (Fsp3) is 0. The average molecular weight is 317 g/mol. The van der Waals surface area contributed by atoms with Gasteiger partial charge < -0.3 is 5.73 Å². The Kier molecular flexibility index (Phi) is 3.68. The van der Waals surface area contributed by atoms with Crippen molar-refractivity contribution in [1.82, 2.24) is 9.97 Å². The van der Waals surface area contributed by atoms with E-state index in [4.69, 9.17) is 17.3 Å². The molecule has 0 amide bonds. The molecule has 2 N–H and O–H groups in total. The fourth-order valence-electron chi connectivity index (χ4n) is 1.08. The third-order valence-electron chi connectivity index (χ3n) is 1.74. The monoisotopic (exact) mass is 315 g/mol. The Morgan fingerprint density at radius 2 is 2.19 bits per heavy atom. The lowest BCUT2D eigenvalue weighted by atomic mass is 10.4. The van der Waals surface area contributed by atoms with Gasteiger partial charge in [0.2, 0.25) is 5.95 Å². The van der Waals surface area contributed by atoms with Gasteiger partial charge in [-0.25, -0.2) is 9.97 Å². The summed E-state index contributed by atoms with van der Waals surface area (Å²) >= 11 is 10.8. The van der Waals surface area contributed by atoms with Crippen molar-refractivity contribution < 1.29 is 0 Å². The average Bonchev–Trinajstić information content (AvgIpc) is 2.24. The molecule has 1 aromatic heterocycles. The number of hydrogen-bond acceptors (Lipinski definition) is 4. The number of rotatable bonds is 2. The van der Waals surface area contributed by atoms with Crippen LogP contribution in [0.1, 0.15) is 0 Å². The molecule has 0 aliphatic heterocycles. The van der Waals surface area contributed by atoms with Crippen LogP contribution in [0.15, 0.2) is 44.9 Å². The number of hydrogen-bond donors (Lipinski definition) is 1. The van der Waals surface area contributed by atoms with Crippen molar-refractivity contribution in [2.24, 2.45) is 0 Å². The molecule has 0 spiro atoms. The summed E-state index contributed by atoms with van der Waals surface area (Å²) < 4.78 is 1.01. The zero-order chi connectivity index (χ0) is 11.5. The fourth-order valence-corrected chi connectivity index (χ4v) is 2.68. The van der Waals surface area contributed by atoms with Gasteiger partial charge in [0.1, 0.15) is 5.03 Å². The first kappa shape index (κ1) is 11.7. The van der Waals surface area contributed by atoms with Crippen molar-refractivity contribution in [2.45, 2.75) is 9.92 Å². The normalized spacial score (nSPS) is 10.4. The van der Waals surface area contributed by atoms with E-state index in [2.05, 4.69) is 25.9 Å². The Morgan fingerprint density at radius 3 is 2.94 bits per heavy atom. The molecule has 0 saturated carbocycles. The summed E-state index contributed by atoms with van der Waals surface area (Å²) in [6, 6.07) is 7.87. The number of anilines is 1. The summed E-state index contributed by atoms with van der Waals surface area (Å²) in [4.78, 5) is 8.93. The van der Waals surface area contributed by atoms with Gasteiger partial charge in [0.25, 0.3) is 0 Å². The minimum Gasteiger partial charge on any atom is -0.368 e. The summed E-state index contributed by atoms with van der Waals surface area (Å²) in [6.07, 6.45) is 1.50. The van der Waals surface area contributed by atoms with Gasteiger partial charge in [-0.3, -0.25) is 0 Å². The molecule has 0 unspecified atom stereocenters. The molecule has 0 radical (unpaired) electrons. The van der Waals surface area contributed by atoms with Crippen LogP contribution in [0.2, 0.25) is 5.02 Å². The van der Waals surface area contributed by atoms with Crippen molar-refractivity contribution in [3.05, 3.63) is 40.0 Å². The highest BCUT2D eigenvalue weighted by molar-refractivity contribution is 9.10. The smallest absolute Gasteiger partial charge is 0.221 e. The van der Waals surface area contributed by atoms with Gasteiger partial charge in [0.05, 0.1) is 11.2 Å². The van der Waals surface area contributed by atoms with Crippen LogP contribution in [0.5, 0.6) is 0 Å². The molecule has 0 bridgehead atoms. The first-order valence-corrected chi connectivity index (χ1v) is 6.35. The van der Waals surface area contributed by atoms with E-state index in [9.17, 15) is 0 Å². The van der Waals surface area contributed by atoms with Gasteiger partial charge >= 0.3 is 0 Å². The second-order valence-corrected chi connectivity index (χ2v) is 5.33. The Morgan fingerprint density at radius 1 is 1.38 bits per heavy atom. The van der Waals surface area contributed by atoms with Crippen LogP contribution in [0.3, 0.4) is 0 Å². The molecule has 2 aromatic rings. The van der Waals surface area contributed by atoms with Crippen LogP contribution < -0.4 is 5.73 Å². The number of halogens is 2. The molecule has 0 aliphatic carbocycles. The van der Waals surface area contributed by atoms with Crippen LogP contribution in [0.25, 0.3) is 0 Å². The van der Waals surface area contributed by atoms with Crippen LogP contribution in [-0.4, -0.2) is 9.97 Å². The predicted octanol–water partition coefficient (Wildman–Crippen LogP) is 3.63. The van der Waals surface area contributed by atoms with Crippen LogP contribution in [0.4, 0.5) is 5.95 Å². The quantitative estimate of drug-likeness (QED) is 0.860. The van der Waals surface area contributed by atoms with Gasteiger partial charge in [-0.05, 0) is 18.2 Å². The Balaban J connectivity index is 2.30. The third-order valence-corrected chi connectivity index (χ3v) is 3.62. The SMILES string of the molecule is Nc1ncc(Cl)c(Sc2cccc(Br)c2)n1. The topological polar surface area (TPSA) is 51.8 Å². The maximum Gasteiger partial charge on any atom is 0.221 e. The van der Waals surface area contributed by atoms with Gasteiger partial charge in [-0.15, -0.1) is 0 Å². The van der Waals surface area contributed by atoms with Crippen molar-refractivity contribution in [1.29, 1.82) is 0 Å². The molecule has 1 heterocycles. The number of benzene rings is 1. The van der Waals surface area contributed by atoms with E-state index < -0.39 is 0 Å². The predicted molar refractivity (Wildman–Crippen MR) is 69.7 cm³/mol. The third kappa shape index (κ3) is 2.87. The van der Waals surface area contributed by atoms with Crippen molar-refractivity contribution >= 4 is 45.2 Å². The van der Waals surface area contributed by atoms with E-state index in [-0.39, 0.29) is 5.95 Å². The summed E-state index contributed by atoms with van der Waals surface area (Å²) in [7, 11) is 0. The van der Waals surface area contributed by atoms with Crippen molar-refractivity contribution in [3.63, 3.8) is 0 Å². The Labute approximate surface area is 111 Å². The Hall–Kier alpha value is -0.780. The highest BCUT2D eigenvalue weighted by Gasteiger charge is 2.06. The van der Waals surface area contributed by atoms with E-state index >= 15 is 0 Å². The van der Waals surface area contributed by atoms with Crippen LogP contribution >= 0.6 is 39.3 Å². The first-order valence-electron chi connectivity index (χ1n) is 4.36. The molecule has 0 fully saturated rings. The number of aromatic nitrogens is 2. The number of nitrogen functional groups attached to an aromatic ring is 1. The summed E-state index contributed by atoms with van der Waals surface area (Å²) in [5.41, 5.74) is 5.51. The minimum atomic E-state index is 0.224. The van der Waals surface area contributed by atoms with Gasteiger partial charge in [0, 0.05) is 9.37 Å². The Bertz CT molecular complexity index is 521. The maximum absolute atomic E-state index is 5.97. The van der Waals surface area contributed by atoms with Crippen LogP contribution in [0, 0.1) is 0 Å². The molecule has 6 heteroatoms. The molecule has 0 atom stereocenters. The largest absolute Gasteiger partial charge is 0.368 e. The van der Waals surface area contributed by atoms with E-state index in [1.807, 2.05) is 24.3 Å². The zero-order valence-corrected chi connectivity index (χ0v) is 11.2. The van der Waals surface area contributed by atoms with Gasteiger partial charge in [-0.2, -0.15) is 0 Å². The molecule has 3 nitrogen and oxygen atoms in total. The minimum absolute atomic E-state index is 0.224. The van der Waals surface area contributed by atoms with E-state index in [0.717, 1.165) is 9.37 Å². The maximum atomic E-state index is 5.97. The summed E-state index contributed by atoms with van der Waals surface area (Å²) in [5.74, 6) is 0.224. The molecule has 16 heavy (non-hydrogen) atoms. The van der Waals surface area contributed by atoms with Crippen molar-refractivity contribution in [3.8, 4) is 0 Å². The summed E-state index contributed by atoms with van der Waals surface area (Å²) in [5, 5.41) is 1.16. The zero-order valence-electron chi connectivity index (χ0n) is 8.02. The first-order chi connectivity index (χ1) is 7.65.